The fourth-order valence-electron chi connectivity index (χ4n) is 2.84. The molecule has 148 valence electrons. The molecular weight excluding hydrogens is 365 g/mol. The normalized spacial score (nSPS) is 11.0. The molecule has 0 radical (unpaired) electrons. The Balaban J connectivity index is 2.05. The van der Waals surface area contributed by atoms with Gasteiger partial charge in [0.25, 0.3) is 5.91 Å². The summed E-state index contributed by atoms with van der Waals surface area (Å²) < 4.78 is 20.7. The first kappa shape index (κ1) is 19.4. The molecule has 9 nitrogen and oxygen atoms in total. The number of hydrogen-bond donors (Lipinski definition) is 3. The van der Waals surface area contributed by atoms with Gasteiger partial charge in [0.1, 0.15) is 5.82 Å². The molecule has 0 aliphatic rings. The zero-order chi connectivity index (χ0) is 20.4. The van der Waals surface area contributed by atoms with Crippen molar-refractivity contribution in [1.82, 2.24) is 14.8 Å². The van der Waals surface area contributed by atoms with Gasteiger partial charge in [0.2, 0.25) is 0 Å². The number of nitrogen functional groups attached to an aromatic ring is 1. The summed E-state index contributed by atoms with van der Waals surface area (Å²) in [6, 6.07) is 6.54. The van der Waals surface area contributed by atoms with E-state index in [1.807, 2.05) is 35.8 Å². The molecule has 3 aromatic rings. The predicted octanol–water partition coefficient (Wildman–Crippen LogP) is 1.71. The van der Waals surface area contributed by atoms with Crippen LogP contribution in [-0.4, -0.2) is 48.5 Å². The van der Waals surface area contributed by atoms with Crippen molar-refractivity contribution >= 4 is 40.0 Å². The number of ether oxygens (including phenoxy) is 1. The average Bonchev–Trinajstić information content (AvgIpc) is 3.00. The van der Waals surface area contributed by atoms with Crippen molar-refractivity contribution < 1.29 is 13.9 Å². The number of nitrogens with two attached hydrogens (primary N) is 2. The van der Waals surface area contributed by atoms with Crippen molar-refractivity contribution in [1.29, 1.82) is 0 Å². The van der Waals surface area contributed by atoms with E-state index in [1.54, 1.807) is 13.2 Å². The van der Waals surface area contributed by atoms with Crippen LogP contribution in [0.5, 0.6) is 0 Å². The van der Waals surface area contributed by atoms with E-state index >= 15 is 0 Å². The number of halogens is 1. The smallest absolute Gasteiger partial charge is 0.252 e. The third-order valence-electron chi connectivity index (χ3n) is 4.19. The minimum atomic E-state index is -0.809. The molecule has 0 atom stereocenters. The SMILES string of the molecule is COCCn1nc(N(C)C)c2cc(Nc3nc(N)c(F)cc3C(N)=O)ccc21. The number of carbonyl (C=O) groups is 1. The first-order valence-corrected chi connectivity index (χ1v) is 8.51. The maximum atomic E-state index is 13.7. The number of primary amides is 1. The average molecular weight is 387 g/mol. The molecule has 1 aromatic carbocycles. The van der Waals surface area contributed by atoms with Crippen LogP contribution in [0.1, 0.15) is 10.4 Å². The van der Waals surface area contributed by atoms with Gasteiger partial charge in [0, 0.05) is 32.3 Å². The van der Waals surface area contributed by atoms with E-state index in [1.165, 1.54) is 0 Å². The zero-order valence-corrected chi connectivity index (χ0v) is 15.9. The highest BCUT2D eigenvalue weighted by Crippen LogP contribution is 2.30. The van der Waals surface area contributed by atoms with Crippen LogP contribution in [0.25, 0.3) is 10.9 Å². The Morgan fingerprint density at radius 2 is 2.11 bits per heavy atom. The molecule has 5 N–H and O–H groups in total. The van der Waals surface area contributed by atoms with Crippen molar-refractivity contribution in [3.8, 4) is 0 Å². The first-order valence-electron chi connectivity index (χ1n) is 8.51. The lowest BCUT2D eigenvalue weighted by atomic mass is 10.2. The van der Waals surface area contributed by atoms with Gasteiger partial charge in [0.15, 0.2) is 17.5 Å². The van der Waals surface area contributed by atoms with Gasteiger partial charge >= 0.3 is 0 Å². The Labute approximate surface area is 161 Å². The summed E-state index contributed by atoms with van der Waals surface area (Å²) >= 11 is 0. The molecule has 0 bridgehead atoms. The number of nitrogens with zero attached hydrogens (tertiary/aromatic N) is 4. The number of amides is 1. The maximum absolute atomic E-state index is 13.7. The van der Waals surface area contributed by atoms with E-state index in [0.29, 0.717) is 18.8 Å². The monoisotopic (exact) mass is 387 g/mol. The molecule has 28 heavy (non-hydrogen) atoms. The van der Waals surface area contributed by atoms with Crippen LogP contribution in [0.15, 0.2) is 24.3 Å². The summed E-state index contributed by atoms with van der Waals surface area (Å²) in [6.45, 7) is 1.14. The van der Waals surface area contributed by atoms with Crippen LogP contribution in [0.2, 0.25) is 0 Å². The van der Waals surface area contributed by atoms with Gasteiger partial charge in [-0.1, -0.05) is 0 Å². The van der Waals surface area contributed by atoms with E-state index < -0.39 is 11.7 Å². The second-order valence-electron chi connectivity index (χ2n) is 6.41. The van der Waals surface area contributed by atoms with E-state index in [-0.39, 0.29) is 17.2 Å². The van der Waals surface area contributed by atoms with Crippen LogP contribution < -0.4 is 21.7 Å². The van der Waals surface area contributed by atoms with Crippen LogP contribution in [0.4, 0.5) is 27.5 Å². The molecule has 10 heteroatoms. The second-order valence-corrected chi connectivity index (χ2v) is 6.41. The topological polar surface area (TPSA) is 124 Å². The molecule has 0 aliphatic heterocycles. The molecule has 2 heterocycles. The summed E-state index contributed by atoms with van der Waals surface area (Å²) in [4.78, 5) is 17.5. The standard InChI is InChI=1S/C18H22FN7O2/c1-25(2)18-11-8-10(4-5-14(11)26(24-18)6-7-28-3)22-17-12(16(21)27)9-13(19)15(20)23-17/h4-5,8-9H,6-7H2,1-3H3,(H2,21,27)(H3,20,22,23). The van der Waals surface area contributed by atoms with E-state index in [2.05, 4.69) is 15.4 Å². The minimum absolute atomic E-state index is 0.0870. The number of carbonyl (C=O) groups excluding carboxylic acids is 1. The van der Waals surface area contributed by atoms with Crippen LogP contribution in [0, 0.1) is 5.82 Å². The summed E-state index contributed by atoms with van der Waals surface area (Å²) in [6.07, 6.45) is 0. The van der Waals surface area contributed by atoms with Crippen molar-refractivity contribution in [3.05, 3.63) is 35.6 Å². The lowest BCUT2D eigenvalue weighted by Gasteiger charge is -2.12. The molecule has 0 unspecified atom stereocenters. The van der Waals surface area contributed by atoms with Crippen LogP contribution >= 0.6 is 0 Å². The molecule has 0 aliphatic carbocycles. The fourth-order valence-corrected chi connectivity index (χ4v) is 2.84. The zero-order valence-electron chi connectivity index (χ0n) is 15.9. The van der Waals surface area contributed by atoms with Gasteiger partial charge in [0.05, 0.1) is 24.2 Å². The van der Waals surface area contributed by atoms with Crippen LogP contribution in [0.3, 0.4) is 0 Å². The number of rotatable bonds is 7. The number of nitrogens with one attached hydrogen (secondary N) is 1. The minimum Gasteiger partial charge on any atom is -0.383 e. The van der Waals surface area contributed by atoms with Gasteiger partial charge in [-0.15, -0.1) is 0 Å². The number of methoxy groups -OCH3 is 1. The van der Waals surface area contributed by atoms with Gasteiger partial charge < -0.3 is 26.4 Å². The number of pyridine rings is 1. The summed E-state index contributed by atoms with van der Waals surface area (Å²) in [5, 5.41) is 8.51. The molecule has 0 spiro atoms. The molecule has 1 amide bonds. The number of aromatic nitrogens is 3. The quantitative estimate of drug-likeness (QED) is 0.564. The highest BCUT2D eigenvalue weighted by atomic mass is 19.1. The van der Waals surface area contributed by atoms with Crippen molar-refractivity contribution in [2.45, 2.75) is 6.54 Å². The summed E-state index contributed by atoms with van der Waals surface area (Å²) in [5.74, 6) is -1.07. The Kier molecular flexibility index (Phi) is 5.32. The van der Waals surface area contributed by atoms with Crippen molar-refractivity contribution in [2.75, 3.05) is 43.8 Å². The summed E-state index contributed by atoms with van der Waals surface area (Å²) in [5.41, 5.74) is 12.3. The Bertz CT molecular complexity index is 1030. The fraction of sp³-hybridized carbons (Fsp3) is 0.278. The highest BCUT2D eigenvalue weighted by Gasteiger charge is 2.17. The van der Waals surface area contributed by atoms with E-state index in [9.17, 15) is 9.18 Å². The van der Waals surface area contributed by atoms with Gasteiger partial charge in [-0.3, -0.25) is 9.48 Å². The second kappa shape index (κ2) is 7.69. The lowest BCUT2D eigenvalue weighted by Crippen LogP contribution is -2.16. The Morgan fingerprint density at radius 3 is 2.75 bits per heavy atom. The third-order valence-corrected chi connectivity index (χ3v) is 4.19. The van der Waals surface area contributed by atoms with Crippen molar-refractivity contribution in [3.63, 3.8) is 0 Å². The Hall–Kier alpha value is -3.40. The number of fused-ring (bicyclic) bond motifs is 1. The van der Waals surface area contributed by atoms with Gasteiger partial charge in [-0.25, -0.2) is 9.37 Å². The maximum Gasteiger partial charge on any atom is 0.252 e. The lowest BCUT2D eigenvalue weighted by molar-refractivity contribution is 0.100. The molecule has 3 rings (SSSR count). The number of anilines is 4. The number of benzene rings is 1. The first-order chi connectivity index (χ1) is 13.3. The van der Waals surface area contributed by atoms with Gasteiger partial charge in [-0.2, -0.15) is 5.10 Å². The van der Waals surface area contributed by atoms with Crippen LogP contribution in [-0.2, 0) is 11.3 Å². The summed E-state index contributed by atoms with van der Waals surface area (Å²) in [7, 11) is 5.43. The largest absolute Gasteiger partial charge is 0.383 e. The molecular formula is C18H22FN7O2. The third kappa shape index (κ3) is 3.67. The predicted molar refractivity (Wildman–Crippen MR) is 106 cm³/mol. The van der Waals surface area contributed by atoms with E-state index in [0.717, 1.165) is 22.8 Å². The van der Waals surface area contributed by atoms with Crippen molar-refractivity contribution in [2.24, 2.45) is 5.73 Å². The Morgan fingerprint density at radius 1 is 1.36 bits per heavy atom. The molecule has 0 fully saturated rings. The van der Waals surface area contributed by atoms with E-state index in [4.69, 9.17) is 16.2 Å². The number of hydrogen-bond acceptors (Lipinski definition) is 7. The molecule has 0 saturated heterocycles. The molecule has 0 saturated carbocycles. The highest BCUT2D eigenvalue weighted by molar-refractivity contribution is 5.99. The molecule has 2 aromatic heterocycles. The van der Waals surface area contributed by atoms with Gasteiger partial charge in [-0.05, 0) is 24.3 Å².